The summed E-state index contributed by atoms with van der Waals surface area (Å²) in [5.41, 5.74) is 0.848. The Balaban J connectivity index is 2.61. The van der Waals surface area contributed by atoms with Gasteiger partial charge in [0.05, 0.1) is 17.9 Å². The van der Waals surface area contributed by atoms with Crippen LogP contribution < -0.4 is 5.32 Å². The molecular formula is C15H19NO3. The van der Waals surface area contributed by atoms with Crippen molar-refractivity contribution in [2.45, 2.75) is 26.7 Å². The van der Waals surface area contributed by atoms with Gasteiger partial charge in [0.15, 0.2) is 0 Å². The first kappa shape index (κ1) is 15.0. The van der Waals surface area contributed by atoms with Crippen LogP contribution in [0.4, 0.5) is 5.69 Å². The number of benzene rings is 1. The number of rotatable bonds is 6. The van der Waals surface area contributed by atoms with E-state index in [0.29, 0.717) is 24.3 Å². The monoisotopic (exact) mass is 261 g/mol. The van der Waals surface area contributed by atoms with E-state index in [1.807, 2.05) is 19.1 Å². The highest BCUT2D eigenvalue weighted by Gasteiger charge is 2.12. The lowest BCUT2D eigenvalue weighted by molar-refractivity contribution is -0.114. The van der Waals surface area contributed by atoms with E-state index in [2.05, 4.69) is 5.32 Å². The summed E-state index contributed by atoms with van der Waals surface area (Å²) in [6.07, 6.45) is 5.67. The zero-order valence-electron chi connectivity index (χ0n) is 11.3. The molecule has 0 spiro atoms. The number of para-hydroxylation sites is 1. The average molecular weight is 261 g/mol. The molecule has 0 bridgehead atoms. The number of hydrogen-bond donors (Lipinski definition) is 1. The Morgan fingerprint density at radius 1 is 1.26 bits per heavy atom. The van der Waals surface area contributed by atoms with Crippen LogP contribution in [-0.2, 0) is 9.53 Å². The molecule has 0 aliphatic heterocycles. The average Bonchev–Trinajstić information content (AvgIpc) is 2.38. The van der Waals surface area contributed by atoms with E-state index in [9.17, 15) is 9.59 Å². The van der Waals surface area contributed by atoms with Crippen LogP contribution in [0.2, 0.25) is 0 Å². The lowest BCUT2D eigenvalue weighted by Gasteiger charge is -2.09. The molecule has 0 aliphatic carbocycles. The summed E-state index contributed by atoms with van der Waals surface area (Å²) in [6, 6.07) is 6.80. The largest absolute Gasteiger partial charge is 0.462 e. The standard InChI is InChI=1S/C15H19NO3/c1-3-4-5-8-11-19-15(18)13-9-6-7-10-14(13)16-12(2)17/h4-7,9-10H,3,8,11H2,1-2H3,(H,16,17). The summed E-state index contributed by atoms with van der Waals surface area (Å²) in [5, 5.41) is 2.61. The van der Waals surface area contributed by atoms with Gasteiger partial charge in [-0.3, -0.25) is 4.79 Å². The maximum Gasteiger partial charge on any atom is 0.340 e. The first-order valence-corrected chi connectivity index (χ1v) is 6.34. The third kappa shape index (κ3) is 5.38. The Morgan fingerprint density at radius 2 is 2.00 bits per heavy atom. The molecule has 19 heavy (non-hydrogen) atoms. The predicted octanol–water partition coefficient (Wildman–Crippen LogP) is 3.16. The van der Waals surface area contributed by atoms with Gasteiger partial charge in [-0.2, -0.15) is 0 Å². The van der Waals surface area contributed by atoms with Gasteiger partial charge < -0.3 is 10.1 Å². The molecule has 1 rings (SSSR count). The minimum absolute atomic E-state index is 0.217. The number of nitrogens with one attached hydrogen (secondary N) is 1. The second kappa shape index (κ2) is 8.08. The number of carbonyl (C=O) groups is 2. The highest BCUT2D eigenvalue weighted by Crippen LogP contribution is 2.16. The number of amides is 1. The molecule has 0 atom stereocenters. The van der Waals surface area contributed by atoms with Gasteiger partial charge >= 0.3 is 5.97 Å². The van der Waals surface area contributed by atoms with Gasteiger partial charge in [0.1, 0.15) is 0 Å². The van der Waals surface area contributed by atoms with Crippen molar-refractivity contribution in [1.82, 2.24) is 0 Å². The van der Waals surface area contributed by atoms with Gasteiger partial charge in [0.2, 0.25) is 5.91 Å². The van der Waals surface area contributed by atoms with Crippen LogP contribution >= 0.6 is 0 Å². The van der Waals surface area contributed by atoms with Crippen LogP contribution in [0.5, 0.6) is 0 Å². The topological polar surface area (TPSA) is 55.4 Å². The molecule has 0 saturated heterocycles. The first-order valence-electron chi connectivity index (χ1n) is 6.34. The quantitative estimate of drug-likeness (QED) is 0.486. The molecule has 4 heteroatoms. The summed E-state index contributed by atoms with van der Waals surface area (Å²) in [7, 11) is 0. The van der Waals surface area contributed by atoms with E-state index < -0.39 is 5.97 Å². The predicted molar refractivity (Wildman–Crippen MR) is 75.1 cm³/mol. The summed E-state index contributed by atoms with van der Waals surface area (Å²) in [4.78, 5) is 22.9. The minimum atomic E-state index is -0.422. The lowest BCUT2D eigenvalue weighted by atomic mass is 10.2. The highest BCUT2D eigenvalue weighted by molar-refractivity contribution is 6.00. The molecule has 1 aromatic carbocycles. The fraction of sp³-hybridized carbons (Fsp3) is 0.333. The Kier molecular flexibility index (Phi) is 6.36. The van der Waals surface area contributed by atoms with E-state index >= 15 is 0 Å². The maximum absolute atomic E-state index is 11.9. The molecular weight excluding hydrogens is 242 g/mol. The molecule has 0 saturated carbocycles. The van der Waals surface area contributed by atoms with Gasteiger partial charge in [-0.05, 0) is 25.0 Å². The van der Waals surface area contributed by atoms with Crippen LogP contribution in [0.15, 0.2) is 36.4 Å². The van der Waals surface area contributed by atoms with Crippen molar-refractivity contribution >= 4 is 17.6 Å². The second-order valence-corrected chi connectivity index (χ2v) is 4.03. The van der Waals surface area contributed by atoms with Crippen LogP contribution in [0.3, 0.4) is 0 Å². The number of anilines is 1. The van der Waals surface area contributed by atoms with Crippen molar-refractivity contribution in [3.8, 4) is 0 Å². The fourth-order valence-electron chi connectivity index (χ4n) is 1.54. The molecule has 0 aliphatic rings. The van der Waals surface area contributed by atoms with E-state index in [-0.39, 0.29) is 5.91 Å². The second-order valence-electron chi connectivity index (χ2n) is 4.03. The molecule has 102 valence electrons. The van der Waals surface area contributed by atoms with E-state index in [0.717, 1.165) is 6.42 Å². The lowest BCUT2D eigenvalue weighted by Crippen LogP contribution is -2.13. The summed E-state index contributed by atoms with van der Waals surface area (Å²) in [6.45, 7) is 3.79. The number of allylic oxidation sites excluding steroid dienone is 1. The zero-order chi connectivity index (χ0) is 14.1. The molecule has 1 amide bonds. The van der Waals surface area contributed by atoms with Crippen molar-refractivity contribution in [2.75, 3.05) is 11.9 Å². The van der Waals surface area contributed by atoms with E-state index in [1.165, 1.54) is 6.92 Å². The van der Waals surface area contributed by atoms with Crippen molar-refractivity contribution in [3.63, 3.8) is 0 Å². The van der Waals surface area contributed by atoms with Crippen molar-refractivity contribution in [3.05, 3.63) is 42.0 Å². The highest BCUT2D eigenvalue weighted by atomic mass is 16.5. The summed E-state index contributed by atoms with van der Waals surface area (Å²) >= 11 is 0. The number of ether oxygens (including phenoxy) is 1. The SMILES string of the molecule is CCC=CCCOC(=O)c1ccccc1NC(C)=O. The van der Waals surface area contributed by atoms with Gasteiger partial charge in [-0.25, -0.2) is 4.79 Å². The Hall–Kier alpha value is -2.10. The minimum Gasteiger partial charge on any atom is -0.462 e. The molecule has 0 heterocycles. The molecule has 1 aromatic rings. The smallest absolute Gasteiger partial charge is 0.340 e. The van der Waals surface area contributed by atoms with Crippen molar-refractivity contribution in [2.24, 2.45) is 0 Å². The van der Waals surface area contributed by atoms with E-state index in [4.69, 9.17) is 4.74 Å². The molecule has 4 nitrogen and oxygen atoms in total. The zero-order valence-corrected chi connectivity index (χ0v) is 11.3. The Morgan fingerprint density at radius 3 is 2.68 bits per heavy atom. The van der Waals surface area contributed by atoms with Gasteiger partial charge in [0, 0.05) is 6.92 Å². The number of hydrogen-bond acceptors (Lipinski definition) is 3. The maximum atomic E-state index is 11.9. The fourth-order valence-corrected chi connectivity index (χ4v) is 1.54. The number of carbonyl (C=O) groups excluding carboxylic acids is 2. The molecule has 0 fully saturated rings. The molecule has 0 radical (unpaired) electrons. The summed E-state index contributed by atoms with van der Waals surface area (Å²) < 4.78 is 5.16. The van der Waals surface area contributed by atoms with Crippen LogP contribution in [0, 0.1) is 0 Å². The van der Waals surface area contributed by atoms with E-state index in [1.54, 1.807) is 24.3 Å². The Bertz CT molecular complexity index is 466. The first-order chi connectivity index (χ1) is 9.15. The number of esters is 1. The van der Waals surface area contributed by atoms with Gasteiger partial charge in [-0.1, -0.05) is 31.2 Å². The van der Waals surface area contributed by atoms with Crippen LogP contribution in [0.1, 0.15) is 37.0 Å². The molecule has 1 N–H and O–H groups in total. The molecule has 0 unspecified atom stereocenters. The van der Waals surface area contributed by atoms with Crippen molar-refractivity contribution in [1.29, 1.82) is 0 Å². The Labute approximate surface area is 113 Å². The normalized spacial score (nSPS) is 10.4. The summed E-state index contributed by atoms with van der Waals surface area (Å²) in [5.74, 6) is -0.639. The third-order valence-corrected chi connectivity index (χ3v) is 2.38. The van der Waals surface area contributed by atoms with Crippen molar-refractivity contribution < 1.29 is 14.3 Å². The van der Waals surface area contributed by atoms with Gasteiger partial charge in [-0.15, -0.1) is 0 Å². The molecule has 0 aromatic heterocycles. The van der Waals surface area contributed by atoms with Crippen LogP contribution in [0.25, 0.3) is 0 Å². The van der Waals surface area contributed by atoms with Gasteiger partial charge in [0.25, 0.3) is 0 Å². The van der Waals surface area contributed by atoms with Crippen LogP contribution in [-0.4, -0.2) is 18.5 Å². The third-order valence-electron chi connectivity index (χ3n) is 2.38.